The topological polar surface area (TPSA) is 11.0 Å². The van der Waals surface area contributed by atoms with Gasteiger partial charge in [-0.15, -0.1) is 0 Å². The van der Waals surface area contributed by atoms with E-state index in [1.807, 2.05) is 11.8 Å². The van der Waals surface area contributed by atoms with Gasteiger partial charge in [-0.2, -0.15) is 0 Å². The van der Waals surface area contributed by atoms with E-state index >= 15 is 0 Å². The fraction of sp³-hybridized carbons (Fsp3) is 0.0556. The van der Waals surface area contributed by atoms with Gasteiger partial charge in [0.05, 0.1) is 11.4 Å². The van der Waals surface area contributed by atoms with Gasteiger partial charge in [-0.05, 0) is 69.8 Å². The van der Waals surface area contributed by atoms with Crippen LogP contribution >= 0.6 is 11.8 Å². The summed E-state index contributed by atoms with van der Waals surface area (Å²) in [5, 5.41) is 0. The first kappa shape index (κ1) is 24.4. The number of hydrogen-bond donors (Lipinski definition) is 0. The number of anilines is 3. The van der Waals surface area contributed by atoms with Crippen LogP contribution in [0.3, 0.4) is 0 Å². The molecule has 192 valence electrons. The van der Waals surface area contributed by atoms with Crippen LogP contribution in [0.1, 0.15) is 0 Å². The summed E-state index contributed by atoms with van der Waals surface area (Å²) in [6.07, 6.45) is 8.40. The standard InChI is InChI=1S/C36H29N3S/c1-37-20-16-28(17-21-37)30-10-14-33-35(24-30)40-36-25-31(29-18-22-38(2)23-19-29)11-15-34(36)39(33)32-12-8-27(9-13-32)26-6-4-3-5-7-26/h3-25H,1-2H3/q+2. The number of hydrogen-bond acceptors (Lipinski definition) is 2. The van der Waals surface area contributed by atoms with Gasteiger partial charge in [-0.25, -0.2) is 9.13 Å². The fourth-order valence-corrected chi connectivity index (χ4v) is 6.40. The van der Waals surface area contributed by atoms with Crippen LogP contribution in [0.15, 0.2) is 150 Å². The molecule has 0 radical (unpaired) electrons. The molecule has 4 aromatic carbocycles. The Bertz CT molecular complexity index is 1720. The van der Waals surface area contributed by atoms with E-state index in [4.69, 9.17) is 0 Å². The van der Waals surface area contributed by atoms with Crippen LogP contribution in [0, 0.1) is 0 Å². The summed E-state index contributed by atoms with van der Waals surface area (Å²) in [5.74, 6) is 0. The molecule has 1 aliphatic heterocycles. The molecule has 0 amide bonds. The van der Waals surface area contributed by atoms with Crippen molar-refractivity contribution >= 4 is 28.8 Å². The molecule has 0 aliphatic carbocycles. The van der Waals surface area contributed by atoms with Crippen LogP contribution in [0.2, 0.25) is 0 Å². The van der Waals surface area contributed by atoms with Gasteiger partial charge in [0.25, 0.3) is 0 Å². The van der Waals surface area contributed by atoms with Crippen molar-refractivity contribution < 1.29 is 9.13 Å². The number of pyridine rings is 2. The molecule has 3 heterocycles. The van der Waals surface area contributed by atoms with E-state index in [1.54, 1.807) is 0 Å². The van der Waals surface area contributed by atoms with Crippen molar-refractivity contribution in [1.82, 2.24) is 0 Å². The molecule has 0 bridgehead atoms. The third-order valence-electron chi connectivity index (χ3n) is 7.48. The Morgan fingerprint density at radius 1 is 0.450 bits per heavy atom. The van der Waals surface area contributed by atoms with E-state index in [-0.39, 0.29) is 0 Å². The van der Waals surface area contributed by atoms with Crippen molar-refractivity contribution in [3.05, 3.63) is 140 Å². The van der Waals surface area contributed by atoms with Crippen LogP contribution in [0.25, 0.3) is 33.4 Å². The largest absolute Gasteiger partial charge is 0.308 e. The maximum atomic E-state index is 2.40. The van der Waals surface area contributed by atoms with E-state index in [0.717, 1.165) is 5.69 Å². The maximum Gasteiger partial charge on any atom is 0.169 e. The lowest BCUT2D eigenvalue weighted by atomic mass is 10.0. The summed E-state index contributed by atoms with van der Waals surface area (Å²) in [7, 11) is 4.10. The molecule has 1 aliphatic rings. The monoisotopic (exact) mass is 535 g/mol. The second kappa shape index (κ2) is 10.1. The maximum absolute atomic E-state index is 2.40. The number of fused-ring (bicyclic) bond motifs is 2. The minimum atomic E-state index is 1.15. The zero-order valence-electron chi connectivity index (χ0n) is 22.5. The Morgan fingerprint density at radius 2 is 0.875 bits per heavy atom. The molecule has 3 nitrogen and oxygen atoms in total. The SMILES string of the molecule is C[n+]1ccc(-c2ccc3c(c2)Sc2cc(-c4cc[n+](C)cc4)ccc2N3c2ccc(-c3ccccc3)cc2)cc1. The minimum Gasteiger partial charge on any atom is -0.308 e. The van der Waals surface area contributed by atoms with Crippen LogP contribution in [-0.4, -0.2) is 0 Å². The summed E-state index contributed by atoms with van der Waals surface area (Å²) in [4.78, 5) is 4.91. The van der Waals surface area contributed by atoms with Gasteiger partial charge in [-0.1, -0.05) is 66.4 Å². The molecule has 7 rings (SSSR count). The summed E-state index contributed by atoms with van der Waals surface area (Å²) in [5.41, 5.74) is 10.9. The summed E-state index contributed by atoms with van der Waals surface area (Å²) in [6, 6.07) is 41.9. The Morgan fingerprint density at radius 3 is 1.38 bits per heavy atom. The lowest BCUT2D eigenvalue weighted by Gasteiger charge is -2.33. The first-order valence-corrected chi connectivity index (χ1v) is 14.3. The number of benzene rings is 4. The van der Waals surface area contributed by atoms with Crippen molar-refractivity contribution in [1.29, 1.82) is 0 Å². The number of rotatable bonds is 4. The Labute approximate surface area is 239 Å². The molecule has 4 heteroatoms. The van der Waals surface area contributed by atoms with E-state index in [2.05, 4.69) is 168 Å². The Kier molecular flexibility index (Phi) is 6.18. The Balaban J connectivity index is 1.34. The first-order valence-electron chi connectivity index (χ1n) is 13.5. The van der Waals surface area contributed by atoms with Crippen LogP contribution in [0.4, 0.5) is 17.1 Å². The lowest BCUT2D eigenvalue weighted by Crippen LogP contribution is -2.25. The number of aromatic nitrogens is 2. The molecule has 0 fully saturated rings. The van der Waals surface area contributed by atoms with E-state index in [9.17, 15) is 0 Å². The molecular weight excluding hydrogens is 506 g/mol. The molecule has 0 atom stereocenters. The van der Waals surface area contributed by atoms with Crippen molar-refractivity contribution in [2.45, 2.75) is 9.79 Å². The zero-order chi connectivity index (χ0) is 27.1. The van der Waals surface area contributed by atoms with Gasteiger partial charge >= 0.3 is 0 Å². The Hall–Kier alpha value is -4.67. The predicted octanol–water partition coefficient (Wildman–Crippen LogP) is 8.27. The van der Waals surface area contributed by atoms with Gasteiger partial charge < -0.3 is 4.90 Å². The average Bonchev–Trinajstić information content (AvgIpc) is 3.00. The molecule has 0 N–H and O–H groups in total. The second-order valence-corrected chi connectivity index (χ2v) is 11.3. The fourth-order valence-electron chi connectivity index (χ4n) is 5.27. The molecule has 0 saturated carbocycles. The van der Waals surface area contributed by atoms with Gasteiger partial charge in [0.2, 0.25) is 0 Å². The van der Waals surface area contributed by atoms with Gasteiger partial charge in [0.15, 0.2) is 24.8 Å². The predicted molar refractivity (Wildman–Crippen MR) is 164 cm³/mol. The molecule has 40 heavy (non-hydrogen) atoms. The minimum absolute atomic E-state index is 1.15. The van der Waals surface area contributed by atoms with E-state index in [1.165, 1.54) is 54.5 Å². The molecule has 0 unspecified atom stereocenters. The first-order chi connectivity index (χ1) is 19.6. The molecule has 2 aromatic heterocycles. The molecule has 0 spiro atoms. The highest BCUT2D eigenvalue weighted by Gasteiger charge is 2.26. The highest BCUT2D eigenvalue weighted by molar-refractivity contribution is 7.99. The zero-order valence-corrected chi connectivity index (χ0v) is 23.3. The molecular formula is C36H29N3S+2. The number of aryl methyl sites for hydroxylation is 2. The summed E-state index contributed by atoms with van der Waals surface area (Å²) < 4.78 is 4.14. The summed E-state index contributed by atoms with van der Waals surface area (Å²) >= 11 is 1.85. The highest BCUT2D eigenvalue weighted by Crippen LogP contribution is 2.53. The molecule has 6 aromatic rings. The van der Waals surface area contributed by atoms with Gasteiger partial charge in [0, 0.05) is 39.7 Å². The van der Waals surface area contributed by atoms with Crippen molar-refractivity contribution in [2.75, 3.05) is 4.90 Å². The number of nitrogens with zero attached hydrogens (tertiary/aromatic N) is 3. The average molecular weight is 536 g/mol. The summed E-state index contributed by atoms with van der Waals surface area (Å²) in [6.45, 7) is 0. The second-order valence-electron chi connectivity index (χ2n) is 10.2. The van der Waals surface area contributed by atoms with Crippen LogP contribution < -0.4 is 14.0 Å². The molecule has 0 saturated heterocycles. The quantitative estimate of drug-likeness (QED) is 0.210. The van der Waals surface area contributed by atoms with Crippen LogP contribution in [0.5, 0.6) is 0 Å². The van der Waals surface area contributed by atoms with E-state index in [0.29, 0.717) is 0 Å². The lowest BCUT2D eigenvalue weighted by molar-refractivity contribution is -0.671. The third kappa shape index (κ3) is 4.57. The van der Waals surface area contributed by atoms with Crippen LogP contribution in [-0.2, 0) is 14.1 Å². The normalized spacial score (nSPS) is 12.1. The van der Waals surface area contributed by atoms with Gasteiger partial charge in [0.1, 0.15) is 14.1 Å². The highest BCUT2D eigenvalue weighted by atomic mass is 32.2. The van der Waals surface area contributed by atoms with Crippen molar-refractivity contribution in [2.24, 2.45) is 14.1 Å². The van der Waals surface area contributed by atoms with Crippen molar-refractivity contribution in [3.8, 4) is 33.4 Å². The smallest absolute Gasteiger partial charge is 0.169 e. The van der Waals surface area contributed by atoms with Gasteiger partial charge in [-0.3, -0.25) is 0 Å². The third-order valence-corrected chi connectivity index (χ3v) is 8.57. The van der Waals surface area contributed by atoms with Crippen molar-refractivity contribution in [3.63, 3.8) is 0 Å². The van der Waals surface area contributed by atoms with E-state index < -0.39 is 0 Å².